The lowest BCUT2D eigenvalue weighted by Gasteiger charge is -2.13. The largest absolute Gasteiger partial charge is 0.480 e. The van der Waals surface area contributed by atoms with Gasteiger partial charge in [0.25, 0.3) is 0 Å². The van der Waals surface area contributed by atoms with E-state index in [4.69, 9.17) is 19.4 Å². The number of ether oxygens (including phenoxy) is 2. The highest BCUT2D eigenvalue weighted by Crippen LogP contribution is 2.45. The van der Waals surface area contributed by atoms with Gasteiger partial charge in [0.15, 0.2) is 23.2 Å². The molecule has 216 valence electrons. The zero-order valence-corrected chi connectivity index (χ0v) is 22.6. The first-order chi connectivity index (χ1) is 20.2. The monoisotopic (exact) mass is 580 g/mol. The van der Waals surface area contributed by atoms with E-state index < -0.39 is 17.7 Å². The topological polar surface area (TPSA) is 106 Å². The first kappa shape index (κ1) is 26.3. The van der Waals surface area contributed by atoms with Crippen LogP contribution in [0.4, 0.5) is 17.6 Å². The van der Waals surface area contributed by atoms with Crippen LogP contribution in [0.5, 0.6) is 11.8 Å². The van der Waals surface area contributed by atoms with E-state index in [1.165, 1.54) is 30.3 Å². The Morgan fingerprint density at radius 1 is 1.02 bits per heavy atom. The molecule has 0 unspecified atom stereocenters. The van der Waals surface area contributed by atoms with Crippen LogP contribution in [0.15, 0.2) is 37.1 Å². The predicted octanol–water partition coefficient (Wildman–Crippen LogP) is 5.64. The lowest BCUT2D eigenvalue weighted by Crippen LogP contribution is -2.06. The molecular formula is C28H24F4N8O2. The summed E-state index contributed by atoms with van der Waals surface area (Å²) in [5.74, 6) is 0.268. The lowest BCUT2D eigenvalue weighted by molar-refractivity contribution is -0.140. The number of alkyl halides is 3. The van der Waals surface area contributed by atoms with Crippen molar-refractivity contribution >= 4 is 11.0 Å². The number of halogens is 4. The summed E-state index contributed by atoms with van der Waals surface area (Å²) in [4.78, 5) is 26.0. The molecule has 0 N–H and O–H groups in total. The number of imidazole rings is 1. The maximum atomic E-state index is 15.3. The molecule has 0 amide bonds. The van der Waals surface area contributed by atoms with Gasteiger partial charge in [0, 0.05) is 43.2 Å². The fraction of sp³-hybridized carbons (Fsp3) is 0.357. The Balaban J connectivity index is 1.21. The van der Waals surface area contributed by atoms with E-state index in [0.29, 0.717) is 46.7 Å². The minimum atomic E-state index is -4.65. The molecule has 0 aromatic carbocycles. The van der Waals surface area contributed by atoms with Crippen molar-refractivity contribution in [1.29, 1.82) is 0 Å². The van der Waals surface area contributed by atoms with Crippen LogP contribution in [0.25, 0.3) is 33.9 Å². The summed E-state index contributed by atoms with van der Waals surface area (Å²) in [5, 5.41) is 0. The molecule has 0 saturated heterocycles. The zero-order valence-electron chi connectivity index (χ0n) is 22.6. The summed E-state index contributed by atoms with van der Waals surface area (Å²) in [6.45, 7) is -0.107. The third kappa shape index (κ3) is 4.69. The van der Waals surface area contributed by atoms with Crippen LogP contribution in [-0.4, -0.2) is 46.1 Å². The van der Waals surface area contributed by atoms with E-state index in [1.807, 2.05) is 23.9 Å². The fourth-order valence-corrected chi connectivity index (χ4v) is 4.99. The third-order valence-electron chi connectivity index (χ3n) is 7.36. The zero-order chi connectivity index (χ0) is 29.2. The Hall–Kier alpha value is -4.62. The molecule has 2 aliphatic carbocycles. The summed E-state index contributed by atoms with van der Waals surface area (Å²) < 4.78 is 70.1. The number of aryl methyl sites for hydroxylation is 1. The maximum absolute atomic E-state index is 15.3. The highest BCUT2D eigenvalue weighted by Gasteiger charge is 2.38. The smallest absolute Gasteiger partial charge is 0.434 e. The Morgan fingerprint density at radius 2 is 1.83 bits per heavy atom. The van der Waals surface area contributed by atoms with Gasteiger partial charge >= 0.3 is 6.18 Å². The molecule has 0 atom stereocenters. The molecule has 2 fully saturated rings. The van der Waals surface area contributed by atoms with E-state index >= 15 is 4.39 Å². The second-order valence-corrected chi connectivity index (χ2v) is 10.5. The van der Waals surface area contributed by atoms with Crippen molar-refractivity contribution in [3.63, 3.8) is 0 Å². The Bertz CT molecular complexity index is 1820. The number of pyridine rings is 1. The molecule has 0 aliphatic heterocycles. The van der Waals surface area contributed by atoms with Crippen LogP contribution in [0.1, 0.15) is 54.6 Å². The number of aromatic nitrogens is 8. The van der Waals surface area contributed by atoms with Gasteiger partial charge in [0.2, 0.25) is 11.8 Å². The van der Waals surface area contributed by atoms with Crippen LogP contribution in [0, 0.1) is 5.82 Å². The predicted molar refractivity (Wildman–Crippen MR) is 141 cm³/mol. The molecule has 2 aliphatic rings. The van der Waals surface area contributed by atoms with Crippen molar-refractivity contribution in [2.75, 3.05) is 7.11 Å². The first-order valence-electron chi connectivity index (χ1n) is 13.4. The van der Waals surface area contributed by atoms with E-state index in [9.17, 15) is 13.2 Å². The molecule has 10 nitrogen and oxygen atoms in total. The molecule has 5 aromatic rings. The number of rotatable bonds is 8. The highest BCUT2D eigenvalue weighted by molar-refractivity contribution is 5.83. The minimum absolute atomic E-state index is 0.107. The van der Waals surface area contributed by atoms with E-state index in [0.717, 1.165) is 24.7 Å². The summed E-state index contributed by atoms with van der Waals surface area (Å²) in [5.41, 5.74) is 1.69. The highest BCUT2D eigenvalue weighted by atomic mass is 19.4. The average molecular weight is 581 g/mol. The second kappa shape index (κ2) is 9.74. The normalized spacial score (nSPS) is 15.4. The number of hydrogen-bond acceptors (Lipinski definition) is 8. The standard InChI is InChI=1S/C28H24F4N8O2/c1-39-8-7-18-23(39)27(38-24(36-18)20-21(15-3-4-15)34-13-35-26(20)41-2)42-12-14-9-17(29)22(33-10-14)25-37-19(28(30,31)32)11-40(25)16-5-6-16/h7-11,13,15-16H,3-6,12H2,1-2H3. The number of fused-ring (bicyclic) bond motifs is 1. The van der Waals surface area contributed by atoms with Crippen LogP contribution in [0.3, 0.4) is 0 Å². The van der Waals surface area contributed by atoms with Gasteiger partial charge in [-0.1, -0.05) is 0 Å². The van der Waals surface area contributed by atoms with E-state index in [-0.39, 0.29) is 36.0 Å². The summed E-state index contributed by atoms with van der Waals surface area (Å²) in [6, 6.07) is 2.86. The average Bonchev–Trinajstić information content (AvgIpc) is 3.91. The van der Waals surface area contributed by atoms with Gasteiger partial charge in [-0.15, -0.1) is 0 Å². The molecule has 5 heterocycles. The summed E-state index contributed by atoms with van der Waals surface area (Å²) in [7, 11) is 3.35. The van der Waals surface area contributed by atoms with Gasteiger partial charge in [-0.3, -0.25) is 0 Å². The van der Waals surface area contributed by atoms with Gasteiger partial charge in [0.1, 0.15) is 29.7 Å². The third-order valence-corrected chi connectivity index (χ3v) is 7.36. The molecule has 7 rings (SSSR count). The number of hydrogen-bond donors (Lipinski definition) is 0. The summed E-state index contributed by atoms with van der Waals surface area (Å²) in [6.07, 6.45) is 4.31. The van der Waals surface area contributed by atoms with Crippen molar-refractivity contribution in [3.8, 4) is 34.7 Å². The Kier molecular flexibility index (Phi) is 6.10. The molecule has 0 radical (unpaired) electrons. The maximum Gasteiger partial charge on any atom is 0.434 e. The van der Waals surface area contributed by atoms with Crippen molar-refractivity contribution in [2.24, 2.45) is 7.05 Å². The Morgan fingerprint density at radius 3 is 2.52 bits per heavy atom. The van der Waals surface area contributed by atoms with E-state index in [2.05, 4.69) is 19.9 Å². The Labute approximate surface area is 236 Å². The van der Waals surface area contributed by atoms with Crippen molar-refractivity contribution in [2.45, 2.75) is 50.4 Å². The lowest BCUT2D eigenvalue weighted by atomic mass is 10.1. The molecule has 2 saturated carbocycles. The first-order valence-corrected chi connectivity index (χ1v) is 13.4. The second-order valence-electron chi connectivity index (χ2n) is 10.5. The molecular weight excluding hydrogens is 556 g/mol. The van der Waals surface area contributed by atoms with Gasteiger partial charge in [-0.05, 0) is 37.8 Å². The van der Waals surface area contributed by atoms with Gasteiger partial charge in [-0.25, -0.2) is 29.3 Å². The molecule has 42 heavy (non-hydrogen) atoms. The molecule has 14 heteroatoms. The van der Waals surface area contributed by atoms with Crippen LogP contribution in [0.2, 0.25) is 0 Å². The van der Waals surface area contributed by atoms with Crippen LogP contribution in [-0.2, 0) is 19.8 Å². The molecule has 0 bridgehead atoms. The van der Waals surface area contributed by atoms with Crippen molar-refractivity contribution < 1.29 is 27.0 Å². The van der Waals surface area contributed by atoms with Gasteiger partial charge in [-0.2, -0.15) is 18.2 Å². The van der Waals surface area contributed by atoms with Gasteiger partial charge < -0.3 is 18.6 Å². The molecule has 0 spiro atoms. The SMILES string of the molecule is COc1ncnc(C2CC2)c1-c1nc(OCc2cnc(-c3nc(C(F)(F)F)cn3C3CC3)c(F)c2)c2c(ccn2C)n1. The number of methoxy groups -OCH3 is 1. The fourth-order valence-electron chi connectivity index (χ4n) is 4.99. The molecule has 5 aromatic heterocycles. The van der Waals surface area contributed by atoms with Crippen molar-refractivity contribution in [1.82, 2.24) is 39.0 Å². The van der Waals surface area contributed by atoms with E-state index in [1.54, 1.807) is 0 Å². The number of nitrogens with zero attached hydrogens (tertiary/aromatic N) is 8. The summed E-state index contributed by atoms with van der Waals surface area (Å²) >= 11 is 0. The van der Waals surface area contributed by atoms with Crippen LogP contribution < -0.4 is 9.47 Å². The minimum Gasteiger partial charge on any atom is -0.480 e. The quantitative estimate of drug-likeness (QED) is 0.217. The van der Waals surface area contributed by atoms with Crippen molar-refractivity contribution in [3.05, 3.63) is 59.8 Å². The van der Waals surface area contributed by atoms with Crippen LogP contribution >= 0.6 is 0 Å². The van der Waals surface area contributed by atoms with Gasteiger partial charge in [0.05, 0.1) is 18.3 Å².